The van der Waals surface area contributed by atoms with Crippen LogP contribution in [0, 0.1) is 0 Å². The maximum Gasteiger partial charge on any atom is 0.333 e. The largest absolute Gasteiger partial charge is 0.467 e. The minimum absolute atomic E-state index is 0.306. The van der Waals surface area contributed by atoms with Crippen molar-refractivity contribution in [2.24, 2.45) is 0 Å². The summed E-state index contributed by atoms with van der Waals surface area (Å²) in [4.78, 5) is 43.5. The number of H-pyrrole nitrogens is 1. The summed E-state index contributed by atoms with van der Waals surface area (Å²) in [7, 11) is 1.28. The van der Waals surface area contributed by atoms with Crippen LogP contribution >= 0.6 is 11.3 Å². The molecule has 0 spiro atoms. The van der Waals surface area contributed by atoms with Gasteiger partial charge in [0.15, 0.2) is 6.04 Å². The Kier molecular flexibility index (Phi) is 4.08. The van der Waals surface area contributed by atoms with Crippen LogP contribution in [0.15, 0.2) is 41.9 Å². The van der Waals surface area contributed by atoms with Gasteiger partial charge in [0.1, 0.15) is 0 Å². The fourth-order valence-corrected chi connectivity index (χ4v) is 4.31. The first-order chi connectivity index (χ1) is 12.6. The number of benzene rings is 1. The van der Waals surface area contributed by atoms with Crippen LogP contribution in [-0.4, -0.2) is 41.2 Å². The molecule has 4 rings (SSSR count). The SMILES string of the molecule is COC(=O)C1c2ccsc2CCN1C(=O)C(=O)c1c[nH]c2ccccc12. The molecule has 3 aromatic rings. The lowest BCUT2D eigenvalue weighted by Gasteiger charge is -2.33. The van der Waals surface area contributed by atoms with Gasteiger partial charge in [-0.15, -0.1) is 11.3 Å². The Hall–Kier alpha value is -2.93. The fourth-order valence-electron chi connectivity index (χ4n) is 3.41. The van der Waals surface area contributed by atoms with Gasteiger partial charge in [0, 0.05) is 28.5 Å². The average Bonchev–Trinajstić information content (AvgIpc) is 3.32. The Balaban J connectivity index is 1.70. The molecule has 0 saturated heterocycles. The number of amides is 1. The maximum atomic E-state index is 13.0. The number of nitrogens with zero attached hydrogens (tertiary/aromatic N) is 1. The number of aromatic nitrogens is 1. The number of hydrogen-bond donors (Lipinski definition) is 1. The summed E-state index contributed by atoms with van der Waals surface area (Å²) < 4.78 is 4.89. The molecule has 0 saturated carbocycles. The lowest BCUT2D eigenvalue weighted by molar-refractivity contribution is -0.152. The molecule has 3 heterocycles. The second-order valence-corrected chi connectivity index (χ2v) is 7.05. The number of aromatic amines is 1. The van der Waals surface area contributed by atoms with Crippen LogP contribution in [0.4, 0.5) is 0 Å². The number of thiophene rings is 1. The lowest BCUT2D eigenvalue weighted by atomic mass is 9.98. The fraction of sp³-hybridized carbons (Fsp3) is 0.211. The van der Waals surface area contributed by atoms with Crippen LogP contribution < -0.4 is 0 Å². The highest BCUT2D eigenvalue weighted by Crippen LogP contribution is 2.34. The van der Waals surface area contributed by atoms with E-state index >= 15 is 0 Å². The Bertz CT molecular complexity index is 1020. The molecule has 1 amide bonds. The number of Topliss-reactive ketones (excluding diaryl/α,β-unsaturated/α-hetero) is 1. The van der Waals surface area contributed by atoms with Crippen LogP contribution in [-0.2, 0) is 20.7 Å². The average molecular weight is 368 g/mol. The number of rotatable bonds is 3. The molecule has 26 heavy (non-hydrogen) atoms. The minimum Gasteiger partial charge on any atom is -0.467 e. The molecular weight excluding hydrogens is 352 g/mol. The van der Waals surface area contributed by atoms with E-state index < -0.39 is 23.7 Å². The van der Waals surface area contributed by atoms with E-state index in [4.69, 9.17) is 4.74 Å². The summed E-state index contributed by atoms with van der Waals surface area (Å²) >= 11 is 1.54. The number of ketones is 1. The van der Waals surface area contributed by atoms with Crippen LogP contribution in [0.1, 0.15) is 26.8 Å². The van der Waals surface area contributed by atoms with Gasteiger partial charge in [-0.05, 0) is 29.5 Å². The van der Waals surface area contributed by atoms with Crippen molar-refractivity contribution < 1.29 is 19.1 Å². The predicted molar refractivity (Wildman–Crippen MR) is 97.1 cm³/mol. The summed E-state index contributed by atoms with van der Waals surface area (Å²) in [6, 6.07) is 8.23. The van der Waals surface area contributed by atoms with Crippen molar-refractivity contribution in [3.8, 4) is 0 Å². The number of ether oxygens (including phenoxy) is 1. The van der Waals surface area contributed by atoms with E-state index in [0.717, 1.165) is 16.0 Å². The molecular formula is C19H16N2O4S. The molecule has 2 aromatic heterocycles. The summed E-state index contributed by atoms with van der Waals surface area (Å²) in [6.07, 6.45) is 2.16. The number of para-hydroxylation sites is 1. The lowest BCUT2D eigenvalue weighted by Crippen LogP contribution is -2.46. The summed E-state index contributed by atoms with van der Waals surface area (Å²) in [5.41, 5.74) is 1.84. The van der Waals surface area contributed by atoms with Crippen molar-refractivity contribution >= 4 is 39.9 Å². The van der Waals surface area contributed by atoms with Gasteiger partial charge in [-0.25, -0.2) is 4.79 Å². The molecule has 132 valence electrons. The molecule has 1 aliphatic rings. The number of fused-ring (bicyclic) bond motifs is 2. The van der Waals surface area contributed by atoms with E-state index in [1.165, 1.54) is 18.2 Å². The molecule has 1 aromatic carbocycles. The molecule has 0 aliphatic carbocycles. The third kappa shape index (κ3) is 2.52. The number of methoxy groups -OCH3 is 1. The molecule has 1 aliphatic heterocycles. The number of hydrogen-bond acceptors (Lipinski definition) is 5. The van der Waals surface area contributed by atoms with E-state index in [1.807, 2.05) is 29.6 Å². The zero-order valence-electron chi connectivity index (χ0n) is 14.0. The molecule has 7 heteroatoms. The molecule has 0 radical (unpaired) electrons. The van der Waals surface area contributed by atoms with Gasteiger partial charge in [-0.3, -0.25) is 9.59 Å². The van der Waals surface area contributed by atoms with Crippen LogP contribution in [0.3, 0.4) is 0 Å². The van der Waals surface area contributed by atoms with Gasteiger partial charge in [-0.1, -0.05) is 18.2 Å². The molecule has 0 fully saturated rings. The van der Waals surface area contributed by atoms with Crippen LogP contribution in [0.5, 0.6) is 0 Å². The number of esters is 1. The number of carbonyl (C=O) groups excluding carboxylic acids is 3. The molecule has 0 bridgehead atoms. The number of nitrogens with one attached hydrogen (secondary N) is 1. The van der Waals surface area contributed by atoms with Crippen molar-refractivity contribution in [1.82, 2.24) is 9.88 Å². The zero-order valence-corrected chi connectivity index (χ0v) is 14.8. The van der Waals surface area contributed by atoms with Gasteiger partial charge in [0.05, 0.1) is 12.7 Å². The van der Waals surface area contributed by atoms with Gasteiger partial charge < -0.3 is 14.6 Å². The first kappa shape index (κ1) is 16.5. The van der Waals surface area contributed by atoms with Crippen molar-refractivity contribution in [3.05, 3.63) is 57.9 Å². The third-order valence-corrected chi connectivity index (χ3v) is 5.68. The third-order valence-electron chi connectivity index (χ3n) is 4.68. The molecule has 1 unspecified atom stereocenters. The summed E-state index contributed by atoms with van der Waals surface area (Å²) in [5.74, 6) is -1.86. The van der Waals surface area contributed by atoms with Gasteiger partial charge in [0.25, 0.3) is 11.7 Å². The Morgan fingerprint density at radius 1 is 1.23 bits per heavy atom. The number of carbonyl (C=O) groups is 3. The summed E-state index contributed by atoms with van der Waals surface area (Å²) in [5, 5.41) is 2.57. The Morgan fingerprint density at radius 2 is 2.04 bits per heavy atom. The van der Waals surface area contributed by atoms with Gasteiger partial charge >= 0.3 is 5.97 Å². The highest BCUT2D eigenvalue weighted by Gasteiger charge is 2.40. The standard InChI is InChI=1S/C19H16N2O4S/c1-25-19(24)16-12-7-9-26-15(12)6-8-21(16)18(23)17(22)13-10-20-14-5-3-2-4-11(13)14/h2-5,7,9-10,16,20H,6,8H2,1H3. The van der Waals surface area contributed by atoms with E-state index in [0.29, 0.717) is 23.9 Å². The Morgan fingerprint density at radius 3 is 2.85 bits per heavy atom. The predicted octanol–water partition coefficient (Wildman–Crippen LogP) is 2.71. The highest BCUT2D eigenvalue weighted by atomic mass is 32.1. The monoisotopic (exact) mass is 368 g/mol. The first-order valence-electron chi connectivity index (χ1n) is 8.17. The van der Waals surface area contributed by atoms with Crippen LogP contribution in [0.25, 0.3) is 10.9 Å². The van der Waals surface area contributed by atoms with Gasteiger partial charge in [-0.2, -0.15) is 0 Å². The zero-order chi connectivity index (χ0) is 18.3. The smallest absolute Gasteiger partial charge is 0.333 e. The first-order valence-corrected chi connectivity index (χ1v) is 9.05. The summed E-state index contributed by atoms with van der Waals surface area (Å²) in [6.45, 7) is 0.306. The topological polar surface area (TPSA) is 79.5 Å². The second-order valence-electron chi connectivity index (χ2n) is 6.05. The molecule has 1 N–H and O–H groups in total. The van der Waals surface area contributed by atoms with E-state index in [2.05, 4.69) is 4.98 Å². The van der Waals surface area contributed by atoms with Gasteiger partial charge in [0.2, 0.25) is 0 Å². The van der Waals surface area contributed by atoms with E-state index in [-0.39, 0.29) is 0 Å². The minimum atomic E-state index is -0.878. The van der Waals surface area contributed by atoms with Crippen LogP contribution in [0.2, 0.25) is 0 Å². The van der Waals surface area contributed by atoms with E-state index in [9.17, 15) is 14.4 Å². The highest BCUT2D eigenvalue weighted by molar-refractivity contribution is 7.10. The molecule has 6 nitrogen and oxygen atoms in total. The molecule has 1 atom stereocenters. The van der Waals surface area contributed by atoms with E-state index in [1.54, 1.807) is 17.4 Å². The van der Waals surface area contributed by atoms with Crippen molar-refractivity contribution in [3.63, 3.8) is 0 Å². The maximum absolute atomic E-state index is 13.0. The Labute approximate surface area is 153 Å². The normalized spacial score (nSPS) is 16.3. The van der Waals surface area contributed by atoms with Crippen molar-refractivity contribution in [2.75, 3.05) is 13.7 Å². The van der Waals surface area contributed by atoms with Crippen molar-refractivity contribution in [1.29, 1.82) is 0 Å². The quantitative estimate of drug-likeness (QED) is 0.438. The second kappa shape index (κ2) is 6.42. The van der Waals surface area contributed by atoms with Crippen molar-refractivity contribution in [2.45, 2.75) is 12.5 Å².